The van der Waals surface area contributed by atoms with Gasteiger partial charge in [-0.3, -0.25) is 23.7 Å². The van der Waals surface area contributed by atoms with E-state index in [1.54, 1.807) is 33.8 Å². The fourth-order valence-corrected chi connectivity index (χ4v) is 4.19. The van der Waals surface area contributed by atoms with E-state index in [1.165, 1.54) is 35.2 Å². The Morgan fingerprint density at radius 1 is 0.789 bits per heavy atom. The van der Waals surface area contributed by atoms with Crippen LogP contribution in [-0.2, 0) is 38.1 Å². The summed E-state index contributed by atoms with van der Waals surface area (Å²) in [6, 6.07) is 6.05. The van der Waals surface area contributed by atoms with Crippen molar-refractivity contribution >= 4 is 46.4 Å². The molecule has 0 bridgehead atoms. The molecule has 0 aliphatic heterocycles. The normalized spacial score (nSPS) is 11.0. The van der Waals surface area contributed by atoms with Crippen molar-refractivity contribution in [3.63, 3.8) is 0 Å². The summed E-state index contributed by atoms with van der Waals surface area (Å²) in [6.45, 7) is 6.50. The van der Waals surface area contributed by atoms with Gasteiger partial charge in [0.25, 0.3) is 0 Å². The monoisotopic (exact) mass is 545 g/mol. The summed E-state index contributed by atoms with van der Waals surface area (Å²) >= 11 is 6.56. The molecule has 0 saturated carbocycles. The highest BCUT2D eigenvalue weighted by Crippen LogP contribution is 2.38. The number of benzene rings is 1. The Labute approximate surface area is 224 Å². The van der Waals surface area contributed by atoms with Crippen molar-refractivity contribution in [2.24, 2.45) is 0 Å². The van der Waals surface area contributed by atoms with Crippen LogP contribution in [0.4, 0.5) is 0 Å². The largest absolute Gasteiger partial charge is 0.465 e. The smallest absolute Gasteiger partial charge is 0.326 e. The SMILES string of the molecule is CCOC(=O)C(C(=O)OCC)c1ccc(Cl)c2cc(C(C(=O)OCC)C(=O)OCC)n(-c3ncccn3)c12. The molecular weight excluding hydrogens is 518 g/mol. The molecule has 0 spiro atoms. The first-order valence-electron chi connectivity index (χ1n) is 12.1. The second-order valence-corrected chi connectivity index (χ2v) is 8.13. The van der Waals surface area contributed by atoms with Gasteiger partial charge in [0.1, 0.15) is 0 Å². The van der Waals surface area contributed by atoms with Gasteiger partial charge in [0.15, 0.2) is 11.8 Å². The van der Waals surface area contributed by atoms with Crippen LogP contribution in [0.3, 0.4) is 0 Å². The third-order valence-corrected chi connectivity index (χ3v) is 5.75. The molecule has 0 aliphatic rings. The zero-order valence-electron chi connectivity index (χ0n) is 21.4. The van der Waals surface area contributed by atoms with E-state index in [1.807, 2.05) is 0 Å². The lowest BCUT2D eigenvalue weighted by Gasteiger charge is -2.19. The van der Waals surface area contributed by atoms with Gasteiger partial charge in [-0.05, 0) is 45.9 Å². The van der Waals surface area contributed by atoms with Crippen LogP contribution in [0.1, 0.15) is 50.8 Å². The quantitative estimate of drug-likeness (QED) is 0.200. The van der Waals surface area contributed by atoms with Crippen LogP contribution in [0.15, 0.2) is 36.7 Å². The average Bonchev–Trinajstić information content (AvgIpc) is 3.28. The Morgan fingerprint density at radius 3 is 1.74 bits per heavy atom. The van der Waals surface area contributed by atoms with E-state index in [9.17, 15) is 19.2 Å². The summed E-state index contributed by atoms with van der Waals surface area (Å²) in [5.41, 5.74) is 0.443. The highest BCUT2D eigenvalue weighted by Gasteiger charge is 2.39. The summed E-state index contributed by atoms with van der Waals surface area (Å²) in [5, 5.41) is 0.543. The van der Waals surface area contributed by atoms with E-state index in [-0.39, 0.29) is 54.2 Å². The molecule has 11 nitrogen and oxygen atoms in total. The summed E-state index contributed by atoms with van der Waals surface area (Å²) in [5.74, 6) is -6.41. The molecule has 2 heterocycles. The fraction of sp³-hybridized carbons (Fsp3) is 0.385. The van der Waals surface area contributed by atoms with E-state index in [0.29, 0.717) is 5.39 Å². The zero-order chi connectivity index (χ0) is 27.8. The molecule has 0 fully saturated rings. The van der Waals surface area contributed by atoms with Crippen molar-refractivity contribution in [2.75, 3.05) is 26.4 Å². The molecule has 12 heteroatoms. The average molecular weight is 546 g/mol. The van der Waals surface area contributed by atoms with E-state index in [0.717, 1.165) is 0 Å². The van der Waals surface area contributed by atoms with Crippen molar-refractivity contribution in [1.29, 1.82) is 0 Å². The van der Waals surface area contributed by atoms with Gasteiger partial charge in [-0.25, -0.2) is 9.97 Å². The van der Waals surface area contributed by atoms with Crippen LogP contribution in [0.5, 0.6) is 0 Å². The Bertz CT molecular complexity index is 1290. The Balaban J connectivity index is 2.46. The first-order chi connectivity index (χ1) is 18.3. The van der Waals surface area contributed by atoms with Gasteiger partial charge < -0.3 is 18.9 Å². The molecular formula is C26H28ClN3O8. The first-order valence-corrected chi connectivity index (χ1v) is 12.5. The lowest BCUT2D eigenvalue weighted by molar-refractivity contribution is -0.159. The number of hydrogen-bond acceptors (Lipinski definition) is 10. The highest BCUT2D eigenvalue weighted by molar-refractivity contribution is 6.35. The van der Waals surface area contributed by atoms with Crippen LogP contribution in [-0.4, -0.2) is 64.8 Å². The van der Waals surface area contributed by atoms with E-state index in [4.69, 9.17) is 30.5 Å². The van der Waals surface area contributed by atoms with Crippen molar-refractivity contribution in [1.82, 2.24) is 14.5 Å². The molecule has 2 aromatic heterocycles. The predicted octanol–water partition coefficient (Wildman–Crippen LogP) is 3.49. The van der Waals surface area contributed by atoms with Crippen LogP contribution in [0.25, 0.3) is 16.9 Å². The maximum Gasteiger partial charge on any atom is 0.326 e. The van der Waals surface area contributed by atoms with Crippen LogP contribution in [0.2, 0.25) is 5.02 Å². The second kappa shape index (κ2) is 13.0. The maximum absolute atomic E-state index is 13.1. The zero-order valence-corrected chi connectivity index (χ0v) is 22.2. The highest BCUT2D eigenvalue weighted by atomic mass is 35.5. The number of halogens is 1. The molecule has 202 valence electrons. The number of ether oxygens (including phenoxy) is 4. The van der Waals surface area contributed by atoms with Crippen LogP contribution < -0.4 is 0 Å². The van der Waals surface area contributed by atoms with Gasteiger partial charge in [0, 0.05) is 28.4 Å². The summed E-state index contributed by atoms with van der Waals surface area (Å²) in [4.78, 5) is 60.7. The van der Waals surface area contributed by atoms with E-state index in [2.05, 4.69) is 9.97 Å². The standard InChI is InChI=1S/C26H28ClN3O8/c1-5-35-22(31)19(23(32)36-6-2)15-10-11-17(27)16-14-18(20(24(33)37-7-3)25(34)38-8-4)30(21(15)16)26-28-12-9-13-29-26/h9-14,19-20H,5-8H2,1-4H3. The fourth-order valence-electron chi connectivity index (χ4n) is 3.99. The summed E-state index contributed by atoms with van der Waals surface area (Å²) in [6.07, 6.45) is 2.92. The third-order valence-electron chi connectivity index (χ3n) is 5.42. The molecule has 0 radical (unpaired) electrons. The number of esters is 4. The number of nitrogens with zero attached hydrogens (tertiary/aromatic N) is 3. The molecule has 3 aromatic rings. The van der Waals surface area contributed by atoms with Gasteiger partial charge in [0.2, 0.25) is 5.95 Å². The maximum atomic E-state index is 13.1. The first kappa shape index (κ1) is 28.6. The van der Waals surface area contributed by atoms with Crippen LogP contribution in [0, 0.1) is 0 Å². The van der Waals surface area contributed by atoms with Gasteiger partial charge in [0.05, 0.1) is 37.6 Å². The molecule has 1 aromatic carbocycles. The number of carbonyl (C=O) groups excluding carboxylic acids is 4. The van der Waals surface area contributed by atoms with Gasteiger partial charge in [-0.1, -0.05) is 17.7 Å². The molecule has 0 unspecified atom stereocenters. The Kier molecular flexibility index (Phi) is 9.78. The third kappa shape index (κ3) is 5.77. The minimum Gasteiger partial charge on any atom is -0.465 e. The summed E-state index contributed by atoms with van der Waals surface area (Å²) < 4.78 is 22.1. The molecule has 0 atom stereocenters. The molecule has 0 N–H and O–H groups in total. The minimum absolute atomic E-state index is 0.0105. The topological polar surface area (TPSA) is 136 Å². The van der Waals surface area contributed by atoms with Crippen molar-refractivity contribution in [2.45, 2.75) is 39.5 Å². The molecule has 38 heavy (non-hydrogen) atoms. The van der Waals surface area contributed by atoms with Crippen molar-refractivity contribution < 1.29 is 38.1 Å². The number of hydrogen-bond donors (Lipinski definition) is 0. The van der Waals surface area contributed by atoms with Crippen molar-refractivity contribution in [3.8, 4) is 5.95 Å². The minimum atomic E-state index is -1.54. The molecule has 0 amide bonds. The molecule has 3 rings (SSSR count). The number of aromatic nitrogens is 3. The predicted molar refractivity (Wildman–Crippen MR) is 136 cm³/mol. The molecule has 0 saturated heterocycles. The summed E-state index contributed by atoms with van der Waals surface area (Å²) in [7, 11) is 0. The van der Waals surface area contributed by atoms with Gasteiger partial charge in [-0.2, -0.15) is 0 Å². The van der Waals surface area contributed by atoms with Gasteiger partial charge >= 0.3 is 23.9 Å². The Hall–Kier alpha value is -3.99. The number of carbonyl (C=O) groups is 4. The van der Waals surface area contributed by atoms with E-state index < -0.39 is 35.7 Å². The molecule has 0 aliphatic carbocycles. The number of rotatable bonds is 11. The van der Waals surface area contributed by atoms with Crippen LogP contribution >= 0.6 is 11.6 Å². The van der Waals surface area contributed by atoms with Crippen molar-refractivity contribution in [3.05, 3.63) is 52.9 Å². The Morgan fingerprint density at radius 2 is 1.26 bits per heavy atom. The van der Waals surface area contributed by atoms with E-state index >= 15 is 0 Å². The lowest BCUT2D eigenvalue weighted by Crippen LogP contribution is -2.29. The number of fused-ring (bicyclic) bond motifs is 1. The lowest BCUT2D eigenvalue weighted by atomic mass is 9.96. The second-order valence-electron chi connectivity index (χ2n) is 7.73. The van der Waals surface area contributed by atoms with Gasteiger partial charge in [-0.15, -0.1) is 0 Å².